The van der Waals surface area contributed by atoms with Crippen molar-refractivity contribution >= 4 is 45.3 Å². The van der Waals surface area contributed by atoms with Crippen LogP contribution in [0.15, 0.2) is 77.7 Å². The zero-order valence-corrected chi connectivity index (χ0v) is 28.1. The van der Waals surface area contributed by atoms with Gasteiger partial charge in [-0.2, -0.15) is 4.31 Å². The Hall–Kier alpha value is -4.75. The van der Waals surface area contributed by atoms with Crippen LogP contribution in [0.4, 0.5) is 16.2 Å². The summed E-state index contributed by atoms with van der Waals surface area (Å²) in [7, 11) is -3.97. The number of nitrogens with one attached hydrogen (secondary N) is 2. The monoisotopic (exact) mass is 676 g/mol. The Balaban J connectivity index is 1.31. The molecule has 1 saturated heterocycles. The number of nitrogens with zero attached hydrogens (tertiary/aromatic N) is 2. The van der Waals surface area contributed by atoms with Crippen LogP contribution in [-0.2, 0) is 42.0 Å². The van der Waals surface area contributed by atoms with Gasteiger partial charge in [-0.1, -0.05) is 48.0 Å². The second kappa shape index (κ2) is 13.8. The summed E-state index contributed by atoms with van der Waals surface area (Å²) in [6.45, 7) is 7.07. The number of carboxylic acids is 1. The first-order valence-electron chi connectivity index (χ1n) is 15.8. The number of anilines is 2. The number of hydrogen-bond acceptors (Lipinski definition) is 8. The molecule has 0 radical (unpaired) electrons. The number of fused-ring (bicyclic) bond motifs is 1. The predicted molar refractivity (Wildman–Crippen MR) is 179 cm³/mol. The highest BCUT2D eigenvalue weighted by Gasteiger charge is 2.41. The van der Waals surface area contributed by atoms with Crippen LogP contribution in [0.25, 0.3) is 0 Å². The van der Waals surface area contributed by atoms with Crippen molar-refractivity contribution < 1.29 is 37.4 Å². The third-order valence-corrected chi connectivity index (χ3v) is 10.2. The van der Waals surface area contributed by atoms with Crippen LogP contribution >= 0.6 is 0 Å². The molecule has 5 rings (SSSR count). The average molecular weight is 677 g/mol. The minimum Gasteiger partial charge on any atom is -0.480 e. The van der Waals surface area contributed by atoms with E-state index in [9.17, 15) is 32.7 Å². The minimum absolute atomic E-state index is 0.0647. The Kier molecular flexibility index (Phi) is 9.92. The van der Waals surface area contributed by atoms with E-state index in [1.165, 1.54) is 24.3 Å². The van der Waals surface area contributed by atoms with Crippen LogP contribution in [0, 0.1) is 6.92 Å². The summed E-state index contributed by atoms with van der Waals surface area (Å²) >= 11 is 0. The zero-order valence-electron chi connectivity index (χ0n) is 27.3. The van der Waals surface area contributed by atoms with E-state index < -0.39 is 57.6 Å². The van der Waals surface area contributed by atoms with Crippen molar-refractivity contribution in [3.8, 4) is 0 Å². The molecule has 0 spiro atoms. The lowest BCUT2D eigenvalue weighted by Gasteiger charge is -2.28. The van der Waals surface area contributed by atoms with Gasteiger partial charge in [-0.25, -0.2) is 22.9 Å². The lowest BCUT2D eigenvalue weighted by atomic mass is 10.0. The van der Waals surface area contributed by atoms with Gasteiger partial charge >= 0.3 is 12.1 Å². The van der Waals surface area contributed by atoms with Crippen LogP contribution in [0.1, 0.15) is 50.3 Å². The number of aryl methyl sites for hydroxylation is 1. The van der Waals surface area contributed by atoms with E-state index in [1.807, 2.05) is 31.2 Å². The molecule has 48 heavy (non-hydrogen) atoms. The van der Waals surface area contributed by atoms with Crippen molar-refractivity contribution in [2.75, 3.05) is 16.8 Å². The predicted octanol–water partition coefficient (Wildman–Crippen LogP) is 4.27. The number of ether oxygens (including phenoxy) is 1. The van der Waals surface area contributed by atoms with Gasteiger partial charge in [0.25, 0.3) is 5.91 Å². The highest BCUT2D eigenvalue weighted by molar-refractivity contribution is 7.89. The molecule has 3 atom stereocenters. The lowest BCUT2D eigenvalue weighted by Crippen LogP contribution is -2.51. The summed E-state index contributed by atoms with van der Waals surface area (Å²) in [6.07, 6.45) is 0.122. The second-order valence-electron chi connectivity index (χ2n) is 13.1. The van der Waals surface area contributed by atoms with Crippen molar-refractivity contribution in [1.82, 2.24) is 9.62 Å². The van der Waals surface area contributed by atoms with E-state index in [4.69, 9.17) is 4.74 Å². The fourth-order valence-electron chi connectivity index (χ4n) is 5.85. The molecule has 3 N–H and O–H groups in total. The van der Waals surface area contributed by atoms with Crippen LogP contribution in [0.3, 0.4) is 0 Å². The molecule has 254 valence electrons. The number of carbonyl (C=O) groups excluding carboxylic acids is 3. The van der Waals surface area contributed by atoms with Gasteiger partial charge in [0.2, 0.25) is 15.9 Å². The van der Waals surface area contributed by atoms with Crippen LogP contribution in [0.2, 0.25) is 0 Å². The molecule has 0 bridgehead atoms. The van der Waals surface area contributed by atoms with Crippen molar-refractivity contribution in [2.45, 2.75) is 82.0 Å². The quantitative estimate of drug-likeness (QED) is 0.301. The van der Waals surface area contributed by atoms with Gasteiger partial charge in [0.15, 0.2) is 0 Å². The van der Waals surface area contributed by atoms with Gasteiger partial charge in [-0.3, -0.25) is 9.59 Å². The van der Waals surface area contributed by atoms with E-state index >= 15 is 0 Å². The molecule has 0 saturated carbocycles. The first kappa shape index (κ1) is 34.6. The number of amides is 3. The SMILES string of the molecule is Cc1ccc(S(=O)(=O)N2CCC[C@H]2C(=O)N[C@H](Cc2ccc(N(C(=O)OC(C)(C)C)C(=O)C3Cc4ccccc4N3)cc2)C(=O)O)cc1. The van der Waals surface area contributed by atoms with Gasteiger partial charge in [0.05, 0.1) is 10.6 Å². The molecule has 3 aromatic carbocycles. The first-order chi connectivity index (χ1) is 22.6. The van der Waals surface area contributed by atoms with Gasteiger partial charge in [0.1, 0.15) is 23.7 Å². The maximum absolute atomic E-state index is 13.7. The summed E-state index contributed by atoms with van der Waals surface area (Å²) in [6, 6.07) is 16.9. The smallest absolute Gasteiger partial charge is 0.421 e. The number of hydrogen-bond donors (Lipinski definition) is 3. The maximum Gasteiger partial charge on any atom is 0.421 e. The molecule has 2 aliphatic heterocycles. The van der Waals surface area contributed by atoms with E-state index in [2.05, 4.69) is 10.6 Å². The van der Waals surface area contributed by atoms with Gasteiger partial charge in [-0.15, -0.1) is 0 Å². The van der Waals surface area contributed by atoms with Crippen LogP contribution in [0.5, 0.6) is 0 Å². The number of rotatable bonds is 9. The van der Waals surface area contributed by atoms with Crippen molar-refractivity contribution in [1.29, 1.82) is 0 Å². The number of sulfonamides is 1. The standard InChI is InChI=1S/C35H40N4O8S/c1-22-11-17-26(18-12-22)48(45,46)38-19-7-10-30(38)31(40)37-29(33(42)43)20-23-13-15-25(16-14-23)39(34(44)47-35(2,3)4)32(41)28-21-24-8-5-6-9-27(24)36-28/h5-6,8-9,11-18,28-30,36H,7,10,19-21H2,1-4H3,(H,37,40)(H,42,43)/t28?,29-,30+/m1/s1. The molecular formula is C35H40N4O8S. The number of carbonyl (C=O) groups is 4. The third kappa shape index (κ3) is 7.69. The number of imide groups is 1. The molecule has 13 heteroatoms. The lowest BCUT2D eigenvalue weighted by molar-refractivity contribution is -0.142. The Morgan fingerprint density at radius 3 is 2.31 bits per heavy atom. The number of aliphatic carboxylic acids is 1. The molecule has 1 fully saturated rings. The normalized spacial score (nSPS) is 18.3. The Morgan fingerprint density at radius 1 is 1.02 bits per heavy atom. The van der Waals surface area contributed by atoms with E-state index in [-0.39, 0.29) is 30.0 Å². The number of benzene rings is 3. The fraction of sp³-hybridized carbons (Fsp3) is 0.371. The van der Waals surface area contributed by atoms with Gasteiger partial charge in [-0.05, 0) is 82.0 Å². The highest BCUT2D eigenvalue weighted by atomic mass is 32.2. The topological polar surface area (TPSA) is 162 Å². The van der Waals surface area contributed by atoms with Crippen molar-refractivity contribution in [3.05, 3.63) is 89.5 Å². The Bertz CT molecular complexity index is 1780. The summed E-state index contributed by atoms with van der Waals surface area (Å²) in [5, 5.41) is 15.7. The van der Waals surface area contributed by atoms with E-state index in [0.717, 1.165) is 26.0 Å². The summed E-state index contributed by atoms with van der Waals surface area (Å²) < 4.78 is 33.4. The zero-order chi connectivity index (χ0) is 34.8. The first-order valence-corrected chi connectivity index (χ1v) is 17.2. The average Bonchev–Trinajstić information content (AvgIpc) is 3.69. The van der Waals surface area contributed by atoms with Crippen molar-refractivity contribution in [2.24, 2.45) is 0 Å². The molecule has 1 unspecified atom stereocenters. The van der Waals surface area contributed by atoms with Crippen LogP contribution in [-0.4, -0.2) is 72.0 Å². The second-order valence-corrected chi connectivity index (χ2v) is 15.0. The van der Waals surface area contributed by atoms with E-state index in [0.29, 0.717) is 18.4 Å². The molecule has 12 nitrogen and oxygen atoms in total. The molecule has 3 amide bonds. The molecule has 3 aromatic rings. The molecule has 0 aliphatic carbocycles. The molecule has 2 heterocycles. The summed E-state index contributed by atoms with van der Waals surface area (Å²) in [5.41, 5.74) is 2.52. The Morgan fingerprint density at radius 2 is 1.69 bits per heavy atom. The Labute approximate surface area is 280 Å². The molecular weight excluding hydrogens is 636 g/mol. The van der Waals surface area contributed by atoms with E-state index in [1.54, 1.807) is 45.0 Å². The summed E-state index contributed by atoms with van der Waals surface area (Å²) in [4.78, 5) is 53.7. The third-order valence-electron chi connectivity index (χ3n) is 8.25. The summed E-state index contributed by atoms with van der Waals surface area (Å²) in [5.74, 6) is -2.50. The van der Waals surface area contributed by atoms with Gasteiger partial charge in [0, 0.05) is 25.1 Å². The largest absolute Gasteiger partial charge is 0.480 e. The molecule has 2 aliphatic rings. The number of carboxylic acid groups (broad SMARTS) is 1. The minimum atomic E-state index is -3.97. The fourth-order valence-corrected chi connectivity index (χ4v) is 7.51. The molecule has 0 aromatic heterocycles. The van der Waals surface area contributed by atoms with Crippen LogP contribution < -0.4 is 15.5 Å². The number of para-hydroxylation sites is 1. The van der Waals surface area contributed by atoms with Gasteiger partial charge < -0.3 is 20.5 Å². The van der Waals surface area contributed by atoms with Crippen molar-refractivity contribution in [3.63, 3.8) is 0 Å². The maximum atomic E-state index is 13.7. The highest BCUT2D eigenvalue weighted by Crippen LogP contribution is 2.29.